The molecule has 0 N–H and O–H groups in total. The number of hydrogen-bond acceptors (Lipinski definition) is 6. The van der Waals surface area contributed by atoms with Gasteiger partial charge in [0, 0.05) is 26.7 Å². The fourth-order valence-electron chi connectivity index (χ4n) is 3.98. The van der Waals surface area contributed by atoms with Gasteiger partial charge in [-0.3, -0.25) is 0 Å². The molecular formula is C30H29BrN4O2. The van der Waals surface area contributed by atoms with Crippen LogP contribution < -0.4 is 0 Å². The first-order valence-electron chi connectivity index (χ1n) is 12.2. The maximum Gasteiger partial charge on any atom is 0.248 e. The first kappa shape index (κ1) is 25.1. The van der Waals surface area contributed by atoms with E-state index in [4.69, 9.17) is 8.83 Å². The van der Waals surface area contributed by atoms with Crippen molar-refractivity contribution in [3.63, 3.8) is 0 Å². The second-order valence-electron chi connectivity index (χ2n) is 11.2. The molecular weight excluding hydrogens is 528 g/mol. The summed E-state index contributed by atoms with van der Waals surface area (Å²) in [7, 11) is 0. The smallest absolute Gasteiger partial charge is 0.248 e. The third-order valence-electron chi connectivity index (χ3n) is 6.24. The SMILES string of the molecule is CC(C)(C)c1ccc(-c2nnc(-c3cc(Br)cc(-c4nnc(-c5ccc(C(C)(C)C)cc5)o4)c3)o2)cc1. The summed E-state index contributed by atoms with van der Waals surface area (Å²) in [5.41, 5.74) is 5.91. The Hall–Kier alpha value is -3.58. The van der Waals surface area contributed by atoms with Gasteiger partial charge in [-0.15, -0.1) is 20.4 Å². The van der Waals surface area contributed by atoms with Crippen LogP contribution in [-0.2, 0) is 10.8 Å². The van der Waals surface area contributed by atoms with Crippen LogP contribution >= 0.6 is 15.9 Å². The van der Waals surface area contributed by atoms with Crippen molar-refractivity contribution in [1.82, 2.24) is 20.4 Å². The van der Waals surface area contributed by atoms with Crippen LogP contribution in [0, 0.1) is 0 Å². The average Bonchev–Trinajstić information content (AvgIpc) is 3.54. The lowest BCUT2D eigenvalue weighted by atomic mass is 9.87. The lowest BCUT2D eigenvalue weighted by molar-refractivity contribution is 0.580. The molecule has 0 radical (unpaired) electrons. The minimum Gasteiger partial charge on any atom is -0.416 e. The number of halogens is 1. The molecule has 5 aromatic rings. The van der Waals surface area contributed by atoms with Crippen molar-refractivity contribution in [2.75, 3.05) is 0 Å². The summed E-state index contributed by atoms with van der Waals surface area (Å²) in [4.78, 5) is 0. The van der Waals surface area contributed by atoms with Crippen LogP contribution in [0.25, 0.3) is 45.8 Å². The molecule has 7 heteroatoms. The third kappa shape index (κ3) is 5.42. The van der Waals surface area contributed by atoms with Crippen LogP contribution in [0.1, 0.15) is 52.7 Å². The lowest BCUT2D eigenvalue weighted by Gasteiger charge is -2.18. The summed E-state index contributed by atoms with van der Waals surface area (Å²) in [5, 5.41) is 17.1. The van der Waals surface area contributed by atoms with Crippen molar-refractivity contribution < 1.29 is 8.83 Å². The summed E-state index contributed by atoms with van der Waals surface area (Å²) in [5.74, 6) is 1.76. The largest absolute Gasteiger partial charge is 0.416 e. The summed E-state index contributed by atoms with van der Waals surface area (Å²) < 4.78 is 12.9. The third-order valence-corrected chi connectivity index (χ3v) is 6.70. The summed E-state index contributed by atoms with van der Waals surface area (Å²) in [6.07, 6.45) is 0. The molecule has 0 amide bonds. The molecule has 6 nitrogen and oxygen atoms in total. The molecule has 2 heterocycles. The fourth-order valence-corrected chi connectivity index (χ4v) is 4.47. The zero-order valence-corrected chi connectivity index (χ0v) is 23.4. The van der Waals surface area contributed by atoms with Gasteiger partial charge in [-0.1, -0.05) is 81.7 Å². The highest BCUT2D eigenvalue weighted by Crippen LogP contribution is 2.33. The van der Waals surface area contributed by atoms with Gasteiger partial charge in [-0.05, 0) is 64.4 Å². The Morgan fingerprint density at radius 1 is 0.486 bits per heavy atom. The second-order valence-corrected chi connectivity index (χ2v) is 12.1. The average molecular weight is 557 g/mol. The zero-order valence-electron chi connectivity index (χ0n) is 21.8. The van der Waals surface area contributed by atoms with E-state index >= 15 is 0 Å². The van der Waals surface area contributed by atoms with E-state index in [2.05, 4.69) is 102 Å². The zero-order chi connectivity index (χ0) is 26.4. The highest BCUT2D eigenvalue weighted by atomic mass is 79.9. The molecule has 0 saturated heterocycles. The molecule has 2 aromatic heterocycles. The van der Waals surface area contributed by atoms with Gasteiger partial charge >= 0.3 is 0 Å². The van der Waals surface area contributed by atoms with Crippen LogP contribution in [0.4, 0.5) is 0 Å². The van der Waals surface area contributed by atoms with Crippen molar-refractivity contribution in [1.29, 1.82) is 0 Å². The summed E-state index contributed by atoms with van der Waals surface area (Å²) >= 11 is 3.58. The molecule has 5 rings (SSSR count). The highest BCUT2D eigenvalue weighted by Gasteiger charge is 2.18. The topological polar surface area (TPSA) is 77.8 Å². The summed E-state index contributed by atoms with van der Waals surface area (Å²) in [6, 6.07) is 22.2. The quantitative estimate of drug-likeness (QED) is 0.221. The van der Waals surface area contributed by atoms with Gasteiger partial charge in [0.2, 0.25) is 23.6 Å². The van der Waals surface area contributed by atoms with Gasteiger partial charge in [-0.2, -0.15) is 0 Å². The van der Waals surface area contributed by atoms with Crippen molar-refractivity contribution in [2.24, 2.45) is 0 Å². The predicted molar refractivity (Wildman–Crippen MR) is 149 cm³/mol. The van der Waals surface area contributed by atoms with Gasteiger partial charge in [0.25, 0.3) is 0 Å². The van der Waals surface area contributed by atoms with Gasteiger partial charge in [0.05, 0.1) is 0 Å². The standard InChI is InChI=1S/C30H29BrN4O2/c1-29(2,3)22-11-7-18(8-12-22)25-32-34-27(36-25)20-15-21(17-24(31)16-20)28-35-33-26(37-28)19-9-13-23(14-10-19)30(4,5)6/h7-17H,1-6H3. The Bertz CT molecular complexity index is 1420. The van der Waals surface area contributed by atoms with Crippen molar-refractivity contribution in [3.8, 4) is 45.8 Å². The lowest BCUT2D eigenvalue weighted by Crippen LogP contribution is -2.10. The molecule has 0 saturated carbocycles. The second kappa shape index (κ2) is 9.38. The molecule has 0 aliphatic heterocycles. The molecule has 3 aromatic carbocycles. The number of aromatic nitrogens is 4. The Kier molecular flexibility index (Phi) is 6.36. The van der Waals surface area contributed by atoms with Crippen LogP contribution in [0.3, 0.4) is 0 Å². The van der Waals surface area contributed by atoms with E-state index in [0.29, 0.717) is 23.6 Å². The highest BCUT2D eigenvalue weighted by molar-refractivity contribution is 9.10. The van der Waals surface area contributed by atoms with Crippen molar-refractivity contribution >= 4 is 15.9 Å². The molecule has 188 valence electrons. The van der Waals surface area contributed by atoms with E-state index in [1.54, 1.807) is 0 Å². The van der Waals surface area contributed by atoms with Crippen molar-refractivity contribution in [3.05, 3.63) is 82.3 Å². The Labute approximate surface area is 225 Å². The predicted octanol–water partition coefficient (Wildman–Crippen LogP) is 8.48. The molecule has 0 fully saturated rings. The Morgan fingerprint density at radius 2 is 0.811 bits per heavy atom. The molecule has 0 spiro atoms. The van der Waals surface area contributed by atoms with E-state index in [1.807, 2.05) is 42.5 Å². The van der Waals surface area contributed by atoms with Crippen molar-refractivity contribution in [2.45, 2.75) is 52.4 Å². The van der Waals surface area contributed by atoms with E-state index in [9.17, 15) is 0 Å². The van der Waals surface area contributed by atoms with Gasteiger partial charge < -0.3 is 8.83 Å². The number of benzene rings is 3. The Balaban J connectivity index is 1.41. The number of hydrogen-bond donors (Lipinski definition) is 0. The minimum atomic E-state index is 0.0791. The van der Waals surface area contributed by atoms with E-state index in [0.717, 1.165) is 26.7 Å². The maximum absolute atomic E-state index is 6.03. The minimum absolute atomic E-state index is 0.0791. The van der Waals surface area contributed by atoms with E-state index in [-0.39, 0.29) is 10.8 Å². The van der Waals surface area contributed by atoms with Crippen LogP contribution in [0.2, 0.25) is 0 Å². The molecule has 0 atom stereocenters. The van der Waals surface area contributed by atoms with Gasteiger partial charge in [0.1, 0.15) is 0 Å². The normalized spacial score (nSPS) is 12.2. The van der Waals surface area contributed by atoms with Crippen LogP contribution in [0.5, 0.6) is 0 Å². The first-order chi connectivity index (χ1) is 17.5. The molecule has 0 bridgehead atoms. The van der Waals surface area contributed by atoms with Crippen LogP contribution in [-0.4, -0.2) is 20.4 Å². The molecule has 0 unspecified atom stereocenters. The summed E-state index contributed by atoms with van der Waals surface area (Å²) in [6.45, 7) is 13.1. The Morgan fingerprint density at radius 3 is 1.14 bits per heavy atom. The van der Waals surface area contributed by atoms with Gasteiger partial charge in [-0.25, -0.2) is 0 Å². The van der Waals surface area contributed by atoms with Crippen LogP contribution in [0.15, 0.2) is 80.0 Å². The molecule has 0 aliphatic rings. The number of rotatable bonds is 4. The first-order valence-corrected chi connectivity index (χ1v) is 13.0. The van der Waals surface area contributed by atoms with E-state index in [1.165, 1.54) is 11.1 Å². The number of nitrogens with zero attached hydrogens (tertiary/aromatic N) is 4. The molecule has 0 aliphatic carbocycles. The fraction of sp³-hybridized carbons (Fsp3) is 0.267. The monoisotopic (exact) mass is 556 g/mol. The van der Waals surface area contributed by atoms with Gasteiger partial charge in [0.15, 0.2) is 0 Å². The molecule has 37 heavy (non-hydrogen) atoms. The maximum atomic E-state index is 6.03. The van der Waals surface area contributed by atoms with E-state index < -0.39 is 0 Å².